The van der Waals surface area contributed by atoms with Gasteiger partial charge in [-0.05, 0) is 70.4 Å². The first-order valence-corrected chi connectivity index (χ1v) is 18.7. The Morgan fingerprint density at radius 2 is 1.53 bits per heavy atom. The van der Waals surface area contributed by atoms with Crippen LogP contribution in [0.15, 0.2) is 42.7 Å². The summed E-state index contributed by atoms with van der Waals surface area (Å²) in [6.07, 6.45) is 3.94. The maximum absolute atomic E-state index is 13.5. The van der Waals surface area contributed by atoms with Gasteiger partial charge in [0.2, 0.25) is 5.95 Å². The zero-order valence-electron chi connectivity index (χ0n) is 27.5. The number of carbonyl (C=O) groups excluding carboxylic acids is 1. The van der Waals surface area contributed by atoms with Gasteiger partial charge >= 0.3 is 15.6 Å². The van der Waals surface area contributed by atoms with Gasteiger partial charge in [-0.3, -0.25) is 31.9 Å². The molecule has 0 spiro atoms. The third kappa shape index (κ3) is 11.8. The van der Waals surface area contributed by atoms with Crippen LogP contribution < -0.4 is 10.6 Å². The van der Waals surface area contributed by atoms with E-state index in [1.165, 1.54) is 0 Å². The van der Waals surface area contributed by atoms with Gasteiger partial charge in [-0.1, -0.05) is 30.7 Å². The number of rotatable bonds is 21. The van der Waals surface area contributed by atoms with Crippen molar-refractivity contribution < 1.29 is 41.1 Å². The zero-order chi connectivity index (χ0) is 34.5. The number of amides is 1. The second-order valence-corrected chi connectivity index (χ2v) is 13.8. The van der Waals surface area contributed by atoms with Gasteiger partial charge in [0, 0.05) is 23.0 Å². The molecule has 1 aromatic carbocycles. The first kappa shape index (κ1) is 38.8. The van der Waals surface area contributed by atoms with E-state index in [-0.39, 0.29) is 51.4 Å². The monoisotopic (exact) mass is 715 g/mol. The molecule has 17 heteroatoms. The lowest BCUT2D eigenvalue weighted by Crippen LogP contribution is -2.31. The number of H-pyrrole nitrogens is 1. The minimum atomic E-state index is -3.85. The van der Waals surface area contributed by atoms with E-state index in [2.05, 4.69) is 25.6 Å². The largest absolute Gasteiger partial charge is 0.474 e. The fraction of sp³-hybridized carbons (Fsp3) is 0.500. The molecule has 2 atom stereocenters. The Kier molecular flexibility index (Phi) is 15.5. The Hall–Kier alpha value is -2.64. The van der Waals surface area contributed by atoms with E-state index in [1.807, 2.05) is 13.8 Å². The molecule has 47 heavy (non-hydrogen) atoms. The number of nitrogens with one attached hydrogen (secondary N) is 3. The van der Waals surface area contributed by atoms with Crippen LogP contribution in [0.25, 0.3) is 11.3 Å². The van der Waals surface area contributed by atoms with Crippen molar-refractivity contribution in [1.82, 2.24) is 20.3 Å². The topological polar surface area (TPSA) is 172 Å². The minimum absolute atomic E-state index is 0.0386. The molecule has 0 bridgehead atoms. The van der Waals surface area contributed by atoms with Gasteiger partial charge in [0.05, 0.1) is 57.4 Å². The summed E-state index contributed by atoms with van der Waals surface area (Å²) in [6, 6.07) is 7.52. The summed E-state index contributed by atoms with van der Waals surface area (Å²) in [6.45, 7) is 11.0. The summed E-state index contributed by atoms with van der Waals surface area (Å²) in [5.41, 5.74) is 2.89. The molecule has 0 aliphatic heterocycles. The van der Waals surface area contributed by atoms with Crippen molar-refractivity contribution in [2.24, 2.45) is 0 Å². The van der Waals surface area contributed by atoms with Crippen molar-refractivity contribution in [3.63, 3.8) is 0 Å². The number of hydrogen-bond donors (Lipinski definition) is 3. The molecule has 14 nitrogen and oxygen atoms in total. The van der Waals surface area contributed by atoms with Crippen LogP contribution in [0.2, 0.25) is 5.02 Å². The number of anilines is 1. The molecule has 0 saturated heterocycles. The van der Waals surface area contributed by atoms with Gasteiger partial charge in [-0.2, -0.15) is 0 Å². The number of halogens is 1. The van der Waals surface area contributed by atoms with Gasteiger partial charge in [0.15, 0.2) is 0 Å². The van der Waals surface area contributed by atoms with Crippen molar-refractivity contribution in [1.29, 1.82) is 0 Å². The molecule has 0 unspecified atom stereocenters. The van der Waals surface area contributed by atoms with Gasteiger partial charge in [0.1, 0.15) is 5.69 Å². The van der Waals surface area contributed by atoms with E-state index in [0.717, 1.165) is 5.56 Å². The predicted molar refractivity (Wildman–Crippen MR) is 180 cm³/mol. The Labute approximate surface area is 280 Å². The van der Waals surface area contributed by atoms with E-state index in [1.54, 1.807) is 70.4 Å². The molecule has 0 aliphatic carbocycles. The van der Waals surface area contributed by atoms with Gasteiger partial charge in [0.25, 0.3) is 5.91 Å². The number of carbonyl (C=O) groups is 1. The number of benzene rings is 1. The van der Waals surface area contributed by atoms with Crippen LogP contribution in [0, 0.1) is 6.92 Å². The second kappa shape index (κ2) is 18.8. The molecular formula is C30H44ClN5O9P2. The highest BCUT2D eigenvalue weighted by molar-refractivity contribution is 7.48. The molecule has 260 valence electrons. The van der Waals surface area contributed by atoms with E-state index in [0.29, 0.717) is 34.2 Å². The molecule has 2 heterocycles. The molecule has 0 fully saturated rings. The standard InChI is InChI=1S/C30H44ClN5O9P2/c1-7-25(19-44-46(38,40-8-2)41-9-3)34-30-33-17-21(6)28(36-30)23-16-26(32-18-23)29(37)35-27(22-13-12-14-24(31)15-22)20-45-47(39,42-10-4)43-11-5/h12-18,25,27,32H,7-11,19-20H2,1-6H3,(H,35,37)(H,33,34,36)/t25-,27-/m1/s1. The Morgan fingerprint density at radius 1 is 0.915 bits per heavy atom. The predicted octanol–water partition coefficient (Wildman–Crippen LogP) is 7.49. The number of phosphoric ester groups is 2. The summed E-state index contributed by atoms with van der Waals surface area (Å²) in [4.78, 5) is 25.5. The van der Waals surface area contributed by atoms with Gasteiger partial charge < -0.3 is 15.6 Å². The summed E-state index contributed by atoms with van der Waals surface area (Å²) in [5, 5.41) is 6.58. The van der Waals surface area contributed by atoms with Gasteiger partial charge in [-0.25, -0.2) is 19.1 Å². The van der Waals surface area contributed by atoms with E-state index < -0.39 is 27.6 Å². The van der Waals surface area contributed by atoms with Crippen molar-refractivity contribution in [3.8, 4) is 11.3 Å². The average molecular weight is 716 g/mol. The number of aromatic amines is 1. The van der Waals surface area contributed by atoms with Crippen LogP contribution in [0.3, 0.4) is 0 Å². The molecule has 3 aromatic rings. The third-order valence-corrected chi connectivity index (χ3v) is 10.0. The lowest BCUT2D eigenvalue weighted by atomic mass is 10.1. The molecular weight excluding hydrogens is 672 g/mol. The van der Waals surface area contributed by atoms with E-state index in [9.17, 15) is 13.9 Å². The quantitative estimate of drug-likeness (QED) is 0.0929. The van der Waals surface area contributed by atoms with Crippen LogP contribution >= 0.6 is 27.2 Å². The fourth-order valence-electron chi connectivity index (χ4n) is 4.29. The molecule has 0 radical (unpaired) electrons. The van der Waals surface area contributed by atoms with Crippen molar-refractivity contribution >= 4 is 39.1 Å². The molecule has 3 rings (SSSR count). The number of aryl methyl sites for hydroxylation is 1. The van der Waals surface area contributed by atoms with Crippen LogP contribution in [0.5, 0.6) is 0 Å². The Balaban J connectivity index is 1.77. The maximum Gasteiger partial charge on any atom is 0.474 e. The van der Waals surface area contributed by atoms with Crippen molar-refractivity contribution in [2.45, 2.75) is 60.0 Å². The van der Waals surface area contributed by atoms with Crippen molar-refractivity contribution in [2.75, 3.05) is 45.0 Å². The Bertz CT molecular complexity index is 1520. The van der Waals surface area contributed by atoms with Crippen LogP contribution in [0.4, 0.5) is 5.95 Å². The summed E-state index contributed by atoms with van der Waals surface area (Å²) < 4.78 is 57.7. The smallest absolute Gasteiger partial charge is 0.357 e. The second-order valence-electron chi connectivity index (χ2n) is 10.0. The first-order chi connectivity index (χ1) is 22.5. The summed E-state index contributed by atoms with van der Waals surface area (Å²) in [5.74, 6) is -0.129. The SMILES string of the molecule is CCOP(=O)(OCC)OC[C@@H](CC)Nc1ncc(C)c(-c2c[nH]c(C(=O)N[C@H](COP(=O)(OCC)OCC)c3cccc(Cl)c3)c2)n1. The van der Waals surface area contributed by atoms with E-state index in [4.69, 9.17) is 38.7 Å². The fourth-order valence-corrected chi connectivity index (χ4v) is 6.90. The summed E-state index contributed by atoms with van der Waals surface area (Å²) in [7, 11) is -7.52. The minimum Gasteiger partial charge on any atom is -0.357 e. The van der Waals surface area contributed by atoms with Crippen LogP contribution in [0.1, 0.15) is 68.7 Å². The zero-order valence-corrected chi connectivity index (χ0v) is 30.0. The van der Waals surface area contributed by atoms with E-state index >= 15 is 0 Å². The average Bonchev–Trinajstić information content (AvgIpc) is 3.53. The number of aromatic nitrogens is 3. The Morgan fingerprint density at radius 3 is 2.11 bits per heavy atom. The molecule has 1 amide bonds. The number of hydrogen-bond acceptors (Lipinski definition) is 12. The number of phosphoric acid groups is 2. The third-order valence-electron chi connectivity index (χ3n) is 6.54. The normalized spacial score (nSPS) is 13.3. The number of nitrogens with zero attached hydrogens (tertiary/aromatic N) is 2. The molecule has 2 aromatic heterocycles. The molecule has 0 aliphatic rings. The lowest BCUT2D eigenvalue weighted by Gasteiger charge is -2.22. The molecule has 0 saturated carbocycles. The van der Waals surface area contributed by atoms with Crippen LogP contribution in [-0.4, -0.2) is 66.5 Å². The van der Waals surface area contributed by atoms with Crippen LogP contribution in [-0.2, 0) is 36.3 Å². The van der Waals surface area contributed by atoms with Gasteiger partial charge in [-0.15, -0.1) is 0 Å². The first-order valence-electron chi connectivity index (χ1n) is 15.4. The highest BCUT2D eigenvalue weighted by atomic mass is 35.5. The van der Waals surface area contributed by atoms with Crippen molar-refractivity contribution in [3.05, 3.63) is 64.6 Å². The highest BCUT2D eigenvalue weighted by Crippen LogP contribution is 2.50. The molecule has 3 N–H and O–H groups in total. The lowest BCUT2D eigenvalue weighted by molar-refractivity contribution is 0.0869. The summed E-state index contributed by atoms with van der Waals surface area (Å²) >= 11 is 6.22. The maximum atomic E-state index is 13.5. The highest BCUT2D eigenvalue weighted by Gasteiger charge is 2.29.